The third-order valence-electron chi connectivity index (χ3n) is 6.37. The highest BCUT2D eigenvalue weighted by Crippen LogP contribution is 2.52. The number of rotatable bonds is 5. The molecule has 2 unspecified atom stereocenters. The molecule has 0 bridgehead atoms. The fourth-order valence-electron chi connectivity index (χ4n) is 4.87. The van der Waals surface area contributed by atoms with Gasteiger partial charge in [-0.3, -0.25) is 4.79 Å². The number of fused-ring (bicyclic) bond motifs is 2. The lowest BCUT2D eigenvalue weighted by molar-refractivity contribution is -0.139. The molecule has 35 heavy (non-hydrogen) atoms. The number of hydrogen-bond acceptors (Lipinski definition) is 6. The highest BCUT2D eigenvalue weighted by atomic mass is 32.2. The smallest absolute Gasteiger partial charge is 0.336 e. The number of aliphatic imine (C=N–C) groups is 1. The van der Waals surface area contributed by atoms with Crippen molar-refractivity contribution in [2.45, 2.75) is 19.8 Å². The van der Waals surface area contributed by atoms with Gasteiger partial charge in [-0.05, 0) is 42.3 Å². The second-order valence-corrected chi connectivity index (χ2v) is 9.48. The number of carbonyl (C=O) groups excluding carboxylic acids is 2. The molecule has 3 aromatic carbocycles. The minimum atomic E-state index is -0.627. The number of ether oxygens (including phenoxy) is 2. The molecule has 2 aliphatic rings. The normalized spacial score (nSPS) is 20.7. The number of methoxy groups -OCH3 is 1. The molecule has 2 aliphatic heterocycles. The van der Waals surface area contributed by atoms with Gasteiger partial charge >= 0.3 is 5.97 Å². The van der Waals surface area contributed by atoms with Gasteiger partial charge in [-0.15, -0.1) is 0 Å². The van der Waals surface area contributed by atoms with Crippen molar-refractivity contribution >= 4 is 45.4 Å². The van der Waals surface area contributed by atoms with E-state index < -0.39 is 17.8 Å². The lowest BCUT2D eigenvalue weighted by atomic mass is 9.74. The Labute approximate surface area is 208 Å². The topological polar surface area (TPSA) is 65.0 Å². The maximum Gasteiger partial charge on any atom is 0.336 e. The van der Waals surface area contributed by atoms with Crippen LogP contribution in [0.4, 0.5) is 0 Å². The summed E-state index contributed by atoms with van der Waals surface area (Å²) in [5.41, 5.74) is 2.72. The van der Waals surface area contributed by atoms with E-state index in [0.717, 1.165) is 21.9 Å². The van der Waals surface area contributed by atoms with Crippen molar-refractivity contribution in [1.82, 2.24) is 0 Å². The molecule has 5 rings (SSSR count). The molecule has 1 fully saturated rings. The number of benzene rings is 3. The summed E-state index contributed by atoms with van der Waals surface area (Å²) in [5, 5.41) is 2.64. The molecule has 2 atom stereocenters. The van der Waals surface area contributed by atoms with E-state index in [9.17, 15) is 9.59 Å². The monoisotopic (exact) mass is 483 g/mol. The zero-order valence-corrected chi connectivity index (χ0v) is 20.6. The SMILES string of the molecule is CCOC(=O)C1=C(C)N=C2S/C(=C\c3ccccc3)C(=O)C2C1c1c(OC)ccc2ccccc12. The van der Waals surface area contributed by atoms with Crippen LogP contribution in [-0.2, 0) is 14.3 Å². The first-order chi connectivity index (χ1) is 17.0. The summed E-state index contributed by atoms with van der Waals surface area (Å²) in [6.07, 6.45) is 1.89. The summed E-state index contributed by atoms with van der Waals surface area (Å²) in [6.45, 7) is 3.82. The largest absolute Gasteiger partial charge is 0.496 e. The minimum Gasteiger partial charge on any atom is -0.496 e. The van der Waals surface area contributed by atoms with Crippen LogP contribution in [0.1, 0.15) is 30.9 Å². The van der Waals surface area contributed by atoms with Crippen LogP contribution in [-0.4, -0.2) is 30.5 Å². The molecular formula is C29H25NO4S. The van der Waals surface area contributed by atoms with Gasteiger partial charge in [0.25, 0.3) is 0 Å². The van der Waals surface area contributed by atoms with Gasteiger partial charge in [0.1, 0.15) is 5.75 Å². The summed E-state index contributed by atoms with van der Waals surface area (Å²) in [6, 6.07) is 21.6. The third kappa shape index (κ3) is 4.08. The molecule has 2 heterocycles. The summed E-state index contributed by atoms with van der Waals surface area (Å²) in [7, 11) is 1.61. The number of ketones is 1. The predicted molar refractivity (Wildman–Crippen MR) is 141 cm³/mol. The second-order valence-electron chi connectivity index (χ2n) is 8.41. The second kappa shape index (κ2) is 9.55. The van der Waals surface area contributed by atoms with E-state index in [1.807, 2.05) is 79.7 Å². The Kier molecular flexibility index (Phi) is 6.31. The van der Waals surface area contributed by atoms with Crippen molar-refractivity contribution in [3.8, 4) is 5.75 Å². The number of esters is 1. The maximum atomic E-state index is 13.9. The van der Waals surface area contributed by atoms with Crippen molar-refractivity contribution in [2.75, 3.05) is 13.7 Å². The molecular weight excluding hydrogens is 458 g/mol. The minimum absolute atomic E-state index is 0.0492. The number of Topliss-reactive ketones (excluding diaryl/α,β-unsaturated/α-hetero) is 1. The Morgan fingerprint density at radius 3 is 2.51 bits per heavy atom. The Morgan fingerprint density at radius 1 is 1.03 bits per heavy atom. The Hall–Kier alpha value is -3.64. The van der Waals surface area contributed by atoms with Crippen molar-refractivity contribution < 1.29 is 19.1 Å². The van der Waals surface area contributed by atoms with Gasteiger partial charge in [0, 0.05) is 17.2 Å². The first-order valence-corrected chi connectivity index (χ1v) is 12.4. The molecule has 0 aliphatic carbocycles. The molecule has 5 nitrogen and oxygen atoms in total. The van der Waals surface area contributed by atoms with Crippen LogP contribution in [0.3, 0.4) is 0 Å². The highest BCUT2D eigenvalue weighted by molar-refractivity contribution is 8.19. The number of nitrogens with zero attached hydrogens (tertiary/aromatic N) is 1. The van der Waals surface area contributed by atoms with Crippen molar-refractivity contribution in [2.24, 2.45) is 10.9 Å². The van der Waals surface area contributed by atoms with Gasteiger partial charge in [-0.25, -0.2) is 9.79 Å². The number of carbonyl (C=O) groups is 2. The van der Waals surface area contributed by atoms with Crippen molar-refractivity contribution in [1.29, 1.82) is 0 Å². The van der Waals surface area contributed by atoms with Gasteiger partial charge in [-0.1, -0.05) is 72.4 Å². The van der Waals surface area contributed by atoms with Crippen molar-refractivity contribution in [3.05, 3.63) is 94.0 Å². The first kappa shape index (κ1) is 23.1. The first-order valence-electron chi connectivity index (χ1n) is 11.5. The standard InChI is InChI=1S/C29H25NO4S/c1-4-34-29(32)23-17(2)30-28-26(27(31)22(35-28)16-18-10-6-5-7-11-18)25(23)24-20-13-9-8-12-19(20)14-15-21(24)33-3/h5-16,25-26H,4H2,1-3H3/b22-16-. The van der Waals surface area contributed by atoms with E-state index in [4.69, 9.17) is 14.5 Å². The maximum absolute atomic E-state index is 13.9. The summed E-state index contributed by atoms with van der Waals surface area (Å²) < 4.78 is 11.2. The van der Waals surface area contributed by atoms with E-state index in [-0.39, 0.29) is 12.4 Å². The molecule has 176 valence electrons. The predicted octanol–water partition coefficient (Wildman–Crippen LogP) is 6.15. The van der Waals surface area contributed by atoms with E-state index in [0.29, 0.717) is 27.0 Å². The Bertz CT molecular complexity index is 1420. The molecule has 0 N–H and O–H groups in total. The van der Waals surface area contributed by atoms with Gasteiger partial charge in [0.05, 0.1) is 35.2 Å². The lowest BCUT2D eigenvalue weighted by Crippen LogP contribution is -2.32. The van der Waals surface area contributed by atoms with E-state index in [1.54, 1.807) is 14.0 Å². The van der Waals surface area contributed by atoms with Gasteiger partial charge in [0.2, 0.25) is 0 Å². The fraction of sp³-hybridized carbons (Fsp3) is 0.207. The average molecular weight is 484 g/mol. The fourth-order valence-corrected chi connectivity index (χ4v) is 6.07. The molecule has 0 aromatic heterocycles. The summed E-state index contributed by atoms with van der Waals surface area (Å²) in [4.78, 5) is 32.5. The summed E-state index contributed by atoms with van der Waals surface area (Å²) >= 11 is 1.38. The van der Waals surface area contributed by atoms with E-state index in [1.165, 1.54) is 11.8 Å². The molecule has 0 spiro atoms. The lowest BCUT2D eigenvalue weighted by Gasteiger charge is -2.30. The van der Waals surface area contributed by atoms with Gasteiger partial charge in [0.15, 0.2) is 5.78 Å². The van der Waals surface area contributed by atoms with Crippen LogP contribution < -0.4 is 4.74 Å². The molecule has 0 saturated carbocycles. The van der Waals surface area contributed by atoms with Crippen LogP contribution in [0.2, 0.25) is 0 Å². The van der Waals surface area contributed by atoms with Crippen LogP contribution in [0.5, 0.6) is 5.75 Å². The van der Waals surface area contributed by atoms with E-state index in [2.05, 4.69) is 0 Å². The quantitative estimate of drug-likeness (QED) is 0.321. The van der Waals surface area contributed by atoms with Gasteiger partial charge < -0.3 is 9.47 Å². The average Bonchev–Trinajstić information content (AvgIpc) is 3.17. The number of hydrogen-bond donors (Lipinski definition) is 0. The number of allylic oxidation sites excluding steroid dienone is 2. The third-order valence-corrected chi connectivity index (χ3v) is 7.47. The summed E-state index contributed by atoms with van der Waals surface area (Å²) in [5.74, 6) is -1.08. The van der Waals surface area contributed by atoms with Crippen molar-refractivity contribution in [3.63, 3.8) is 0 Å². The van der Waals surface area contributed by atoms with Crippen LogP contribution in [0.15, 0.2) is 87.9 Å². The number of thioether (sulfide) groups is 1. The van der Waals surface area contributed by atoms with Crippen LogP contribution in [0, 0.1) is 5.92 Å². The van der Waals surface area contributed by atoms with E-state index >= 15 is 0 Å². The Balaban J connectivity index is 1.73. The molecule has 3 aromatic rings. The zero-order valence-electron chi connectivity index (χ0n) is 19.8. The molecule has 6 heteroatoms. The molecule has 0 amide bonds. The molecule has 1 saturated heterocycles. The Morgan fingerprint density at radius 2 is 1.77 bits per heavy atom. The molecule has 0 radical (unpaired) electrons. The zero-order chi connectivity index (χ0) is 24.5. The van der Waals surface area contributed by atoms with Crippen LogP contribution >= 0.6 is 11.8 Å². The van der Waals surface area contributed by atoms with Gasteiger partial charge in [-0.2, -0.15) is 0 Å². The van der Waals surface area contributed by atoms with Crippen LogP contribution in [0.25, 0.3) is 16.8 Å². The highest BCUT2D eigenvalue weighted by Gasteiger charge is 2.49.